The van der Waals surface area contributed by atoms with Crippen molar-refractivity contribution in [3.63, 3.8) is 0 Å². The third-order valence-electron chi connectivity index (χ3n) is 3.19. The Morgan fingerprint density at radius 3 is 2.96 bits per heavy atom. The molecule has 1 atom stereocenters. The molecule has 1 amide bonds. The maximum atomic E-state index is 13.0. The fourth-order valence-corrected chi connectivity index (χ4v) is 2.45. The highest BCUT2D eigenvalue weighted by Crippen LogP contribution is 2.26. The molecule has 1 aromatic heterocycles. The number of amides is 1. The van der Waals surface area contributed by atoms with Gasteiger partial charge in [0.1, 0.15) is 17.4 Å². The van der Waals surface area contributed by atoms with E-state index in [0.717, 1.165) is 5.82 Å². The molecule has 0 spiro atoms. The summed E-state index contributed by atoms with van der Waals surface area (Å²) in [6, 6.07) is 4.02. The molecule has 1 unspecified atom stereocenters. The number of halogens is 2. The number of ether oxygens (including phenoxy) is 1. The highest BCUT2D eigenvalue weighted by molar-refractivity contribution is 9.10. The van der Waals surface area contributed by atoms with E-state index < -0.39 is 6.10 Å². The Balaban J connectivity index is 1.85. The number of hydrogen-bond acceptors (Lipinski definition) is 4. The first kappa shape index (κ1) is 17.6. The van der Waals surface area contributed by atoms with E-state index in [0.29, 0.717) is 28.0 Å². The summed E-state index contributed by atoms with van der Waals surface area (Å²) in [5.41, 5.74) is 0. The lowest BCUT2D eigenvalue weighted by Crippen LogP contribution is -2.37. The summed E-state index contributed by atoms with van der Waals surface area (Å²) in [5, 5.41) is 9.51. The van der Waals surface area contributed by atoms with Gasteiger partial charge in [-0.15, -0.1) is 0 Å². The molecule has 0 saturated carbocycles. The second kappa shape index (κ2) is 7.69. The monoisotopic (exact) mass is 402 g/mol. The van der Waals surface area contributed by atoms with Gasteiger partial charge in [-0.25, -0.2) is 4.39 Å². The van der Waals surface area contributed by atoms with Crippen LogP contribution in [0.1, 0.15) is 12.7 Å². The molecule has 0 saturated heterocycles. The zero-order valence-corrected chi connectivity index (χ0v) is 15.0. The average molecular weight is 403 g/mol. The van der Waals surface area contributed by atoms with E-state index in [4.69, 9.17) is 17.0 Å². The maximum Gasteiger partial charge on any atom is 0.260 e. The van der Waals surface area contributed by atoms with Gasteiger partial charge in [-0.3, -0.25) is 9.89 Å². The third-order valence-corrected chi connectivity index (χ3v) is 4.17. The van der Waals surface area contributed by atoms with E-state index in [9.17, 15) is 9.18 Å². The minimum Gasteiger partial charge on any atom is -0.480 e. The first-order valence-electron chi connectivity index (χ1n) is 6.88. The molecule has 0 fully saturated rings. The van der Waals surface area contributed by atoms with Gasteiger partial charge in [0.05, 0.1) is 4.47 Å². The molecule has 124 valence electrons. The van der Waals surface area contributed by atoms with E-state index in [1.165, 1.54) is 18.2 Å². The molecular weight excluding hydrogens is 387 g/mol. The Morgan fingerprint density at radius 2 is 2.35 bits per heavy atom. The number of benzene rings is 1. The van der Waals surface area contributed by atoms with E-state index in [1.807, 2.05) is 0 Å². The molecule has 23 heavy (non-hydrogen) atoms. The number of rotatable bonds is 6. The molecule has 6 nitrogen and oxygen atoms in total. The highest BCUT2D eigenvalue weighted by atomic mass is 79.9. The Morgan fingerprint density at radius 1 is 1.61 bits per heavy atom. The van der Waals surface area contributed by atoms with Crippen molar-refractivity contribution in [3.8, 4) is 5.75 Å². The number of carbonyl (C=O) groups excluding carboxylic acids is 1. The van der Waals surface area contributed by atoms with Crippen LogP contribution in [0, 0.1) is 10.6 Å². The van der Waals surface area contributed by atoms with Crippen LogP contribution in [0.4, 0.5) is 4.39 Å². The van der Waals surface area contributed by atoms with Gasteiger partial charge in [-0.05, 0) is 53.3 Å². The predicted octanol–water partition coefficient (Wildman–Crippen LogP) is 2.51. The summed E-state index contributed by atoms with van der Waals surface area (Å²) >= 11 is 8.22. The van der Waals surface area contributed by atoms with Crippen LogP contribution in [0.3, 0.4) is 0 Å². The molecule has 2 rings (SSSR count). The first-order valence-corrected chi connectivity index (χ1v) is 8.08. The van der Waals surface area contributed by atoms with E-state index in [1.54, 1.807) is 18.5 Å². The van der Waals surface area contributed by atoms with Crippen LogP contribution in [0.25, 0.3) is 0 Å². The quantitative estimate of drug-likeness (QED) is 0.728. The SMILES string of the molecule is CC(Oc1ccc(F)cc1Br)C(=O)NCCc1n[nH]c(=S)n1C. The number of nitrogens with one attached hydrogen (secondary N) is 2. The minimum absolute atomic E-state index is 0.266. The maximum absolute atomic E-state index is 13.0. The molecule has 1 aromatic carbocycles. The molecule has 0 radical (unpaired) electrons. The number of hydrogen-bond donors (Lipinski definition) is 2. The molecule has 0 bridgehead atoms. The van der Waals surface area contributed by atoms with Crippen LogP contribution in [0.5, 0.6) is 5.75 Å². The number of aromatic amines is 1. The molecule has 2 N–H and O–H groups in total. The average Bonchev–Trinajstić information content (AvgIpc) is 2.82. The topological polar surface area (TPSA) is 71.9 Å². The zero-order valence-electron chi connectivity index (χ0n) is 12.6. The summed E-state index contributed by atoms with van der Waals surface area (Å²) in [6.45, 7) is 2.03. The van der Waals surface area contributed by atoms with E-state index >= 15 is 0 Å². The van der Waals surface area contributed by atoms with Crippen molar-refractivity contribution in [2.24, 2.45) is 7.05 Å². The Hall–Kier alpha value is -1.74. The van der Waals surface area contributed by atoms with Crippen LogP contribution in [-0.2, 0) is 18.3 Å². The number of aromatic nitrogens is 3. The van der Waals surface area contributed by atoms with E-state index in [-0.39, 0.29) is 11.7 Å². The fourth-order valence-electron chi connectivity index (χ4n) is 1.86. The zero-order chi connectivity index (χ0) is 17.0. The van der Waals surface area contributed by atoms with Crippen molar-refractivity contribution in [1.82, 2.24) is 20.1 Å². The van der Waals surface area contributed by atoms with Crippen LogP contribution in [-0.4, -0.2) is 33.3 Å². The van der Waals surface area contributed by atoms with E-state index in [2.05, 4.69) is 31.4 Å². The predicted molar refractivity (Wildman–Crippen MR) is 89.3 cm³/mol. The lowest BCUT2D eigenvalue weighted by atomic mass is 10.3. The van der Waals surface area contributed by atoms with Crippen LogP contribution >= 0.6 is 28.1 Å². The summed E-state index contributed by atoms with van der Waals surface area (Å²) in [4.78, 5) is 12.0. The van der Waals surface area contributed by atoms with Gasteiger partial charge >= 0.3 is 0 Å². The number of nitrogens with zero attached hydrogens (tertiary/aromatic N) is 2. The lowest BCUT2D eigenvalue weighted by Gasteiger charge is -2.15. The highest BCUT2D eigenvalue weighted by Gasteiger charge is 2.16. The summed E-state index contributed by atoms with van der Waals surface area (Å²) < 4.78 is 21.3. The Kier molecular flexibility index (Phi) is 5.89. The smallest absolute Gasteiger partial charge is 0.260 e. The van der Waals surface area contributed by atoms with Gasteiger partial charge < -0.3 is 14.6 Å². The van der Waals surface area contributed by atoms with Crippen molar-refractivity contribution < 1.29 is 13.9 Å². The van der Waals surface area contributed by atoms with Gasteiger partial charge in [0.15, 0.2) is 10.9 Å². The third kappa shape index (κ3) is 4.61. The molecule has 0 aliphatic rings. The van der Waals surface area contributed by atoms with Crippen LogP contribution in [0.15, 0.2) is 22.7 Å². The van der Waals surface area contributed by atoms with Crippen molar-refractivity contribution in [3.05, 3.63) is 39.1 Å². The standard InChI is InChI=1S/C14H16BrFN4O2S/c1-8(22-11-4-3-9(16)7-10(11)15)13(21)17-6-5-12-18-19-14(23)20(12)2/h3-4,7-8H,5-6H2,1-2H3,(H,17,21)(H,19,23). The lowest BCUT2D eigenvalue weighted by molar-refractivity contribution is -0.127. The number of H-pyrrole nitrogens is 1. The van der Waals surface area contributed by atoms with Gasteiger partial charge in [0, 0.05) is 20.0 Å². The van der Waals surface area contributed by atoms with Crippen LogP contribution in [0.2, 0.25) is 0 Å². The molecule has 1 heterocycles. The Bertz CT molecular complexity index is 761. The normalized spacial score (nSPS) is 12.0. The van der Waals surface area contributed by atoms with Gasteiger partial charge in [-0.2, -0.15) is 5.10 Å². The minimum atomic E-state index is -0.709. The Labute approximate surface area is 146 Å². The van der Waals surface area contributed by atoms with Gasteiger partial charge in [-0.1, -0.05) is 0 Å². The largest absolute Gasteiger partial charge is 0.480 e. The molecule has 0 aliphatic heterocycles. The summed E-state index contributed by atoms with van der Waals surface area (Å²) in [5.74, 6) is 0.515. The van der Waals surface area contributed by atoms with Crippen molar-refractivity contribution in [2.45, 2.75) is 19.4 Å². The van der Waals surface area contributed by atoms with Gasteiger partial charge in [0.25, 0.3) is 5.91 Å². The molecule has 9 heteroatoms. The van der Waals surface area contributed by atoms with Crippen molar-refractivity contribution >= 4 is 34.1 Å². The first-order chi connectivity index (χ1) is 10.9. The second-order valence-corrected chi connectivity index (χ2v) is 6.12. The second-order valence-electron chi connectivity index (χ2n) is 4.88. The fraction of sp³-hybridized carbons (Fsp3) is 0.357. The number of carbonyl (C=O) groups is 1. The molecular formula is C14H16BrFN4O2S. The molecule has 2 aromatic rings. The molecule has 0 aliphatic carbocycles. The summed E-state index contributed by atoms with van der Waals surface area (Å²) in [6.07, 6.45) is -0.165. The van der Waals surface area contributed by atoms with Crippen LogP contribution < -0.4 is 10.1 Å². The van der Waals surface area contributed by atoms with Crippen molar-refractivity contribution in [2.75, 3.05) is 6.54 Å². The summed E-state index contributed by atoms with van der Waals surface area (Å²) in [7, 11) is 1.81. The van der Waals surface area contributed by atoms with Gasteiger partial charge in [0.2, 0.25) is 0 Å². The van der Waals surface area contributed by atoms with Crippen molar-refractivity contribution in [1.29, 1.82) is 0 Å².